The van der Waals surface area contributed by atoms with Gasteiger partial charge in [-0.15, -0.1) is 0 Å². The minimum absolute atomic E-state index is 0.200. The molecule has 2 rings (SSSR count). The molecule has 1 fully saturated rings. The number of nitrogens with one attached hydrogen (secondary N) is 1. The number of nitrogens with zero attached hydrogens (tertiary/aromatic N) is 2. The van der Waals surface area contributed by atoms with Gasteiger partial charge in [0.2, 0.25) is 15.9 Å². The Morgan fingerprint density at radius 3 is 2.75 bits per heavy atom. The number of piperidine rings is 1. The van der Waals surface area contributed by atoms with Crippen molar-refractivity contribution in [2.45, 2.75) is 45.1 Å². The molecular formula is C19H29Cl2N3O3S. The maximum absolute atomic E-state index is 12.3. The summed E-state index contributed by atoms with van der Waals surface area (Å²) in [5.74, 6) is -0.368. The van der Waals surface area contributed by atoms with Crippen LogP contribution < -0.4 is 9.62 Å². The molecule has 0 bridgehead atoms. The van der Waals surface area contributed by atoms with Crippen molar-refractivity contribution in [1.29, 1.82) is 0 Å². The van der Waals surface area contributed by atoms with Crippen molar-refractivity contribution in [1.82, 2.24) is 10.2 Å². The van der Waals surface area contributed by atoms with Gasteiger partial charge in [0, 0.05) is 24.2 Å². The molecular weight excluding hydrogens is 421 g/mol. The van der Waals surface area contributed by atoms with Gasteiger partial charge in [0.1, 0.15) is 6.54 Å². The SMILES string of the molecule is CCC1CCCCN1CCCNC(=O)CN(c1cc(Cl)ccc1Cl)S(C)(=O)=O. The van der Waals surface area contributed by atoms with Crippen LogP contribution in [0.5, 0.6) is 0 Å². The first-order chi connectivity index (χ1) is 13.2. The molecule has 1 amide bonds. The van der Waals surface area contributed by atoms with Crippen LogP contribution in [0.1, 0.15) is 39.0 Å². The van der Waals surface area contributed by atoms with Gasteiger partial charge < -0.3 is 10.2 Å². The Bertz CT molecular complexity index is 774. The van der Waals surface area contributed by atoms with Gasteiger partial charge in [0.15, 0.2) is 0 Å². The Kier molecular flexibility index (Phi) is 8.86. The van der Waals surface area contributed by atoms with Gasteiger partial charge in [-0.1, -0.05) is 36.5 Å². The number of carbonyl (C=O) groups is 1. The molecule has 1 heterocycles. The van der Waals surface area contributed by atoms with Crippen molar-refractivity contribution in [3.8, 4) is 0 Å². The summed E-state index contributed by atoms with van der Waals surface area (Å²) in [5, 5.41) is 3.38. The number of benzene rings is 1. The normalized spacial score (nSPS) is 18.1. The quantitative estimate of drug-likeness (QED) is 0.585. The van der Waals surface area contributed by atoms with Crippen LogP contribution >= 0.6 is 23.2 Å². The fourth-order valence-electron chi connectivity index (χ4n) is 3.57. The minimum Gasteiger partial charge on any atom is -0.354 e. The lowest BCUT2D eigenvalue weighted by molar-refractivity contribution is -0.119. The predicted molar refractivity (Wildman–Crippen MR) is 116 cm³/mol. The second-order valence-corrected chi connectivity index (χ2v) is 9.91. The number of sulfonamides is 1. The number of hydrogen-bond donors (Lipinski definition) is 1. The zero-order valence-corrected chi connectivity index (χ0v) is 18.8. The van der Waals surface area contributed by atoms with Crippen LogP contribution in [0.3, 0.4) is 0 Å². The van der Waals surface area contributed by atoms with Gasteiger partial charge in [-0.05, 0) is 50.4 Å². The fraction of sp³-hybridized carbons (Fsp3) is 0.632. The molecule has 1 unspecified atom stereocenters. The molecule has 0 spiro atoms. The van der Waals surface area contributed by atoms with Crippen LogP contribution in [0.4, 0.5) is 5.69 Å². The number of rotatable bonds is 9. The number of likely N-dealkylation sites (tertiary alicyclic amines) is 1. The van der Waals surface area contributed by atoms with E-state index in [9.17, 15) is 13.2 Å². The van der Waals surface area contributed by atoms with Crippen LogP contribution in [0.15, 0.2) is 18.2 Å². The molecule has 9 heteroatoms. The highest BCUT2D eigenvalue weighted by molar-refractivity contribution is 7.92. The smallest absolute Gasteiger partial charge is 0.240 e. The number of anilines is 1. The highest BCUT2D eigenvalue weighted by Gasteiger charge is 2.24. The van der Waals surface area contributed by atoms with Crippen molar-refractivity contribution in [2.24, 2.45) is 0 Å². The minimum atomic E-state index is -3.69. The monoisotopic (exact) mass is 449 g/mol. The first-order valence-corrected chi connectivity index (χ1v) is 12.3. The first kappa shape index (κ1) is 23.3. The Morgan fingerprint density at radius 1 is 1.32 bits per heavy atom. The Labute approximate surface area is 178 Å². The third kappa shape index (κ3) is 6.79. The van der Waals surface area contributed by atoms with Crippen LogP contribution in [0, 0.1) is 0 Å². The molecule has 158 valence electrons. The van der Waals surface area contributed by atoms with Gasteiger partial charge in [-0.2, -0.15) is 0 Å². The van der Waals surface area contributed by atoms with E-state index in [1.807, 2.05) is 0 Å². The molecule has 6 nitrogen and oxygen atoms in total. The molecule has 0 aliphatic carbocycles. The molecule has 0 aromatic heterocycles. The van der Waals surface area contributed by atoms with Gasteiger partial charge in [0.05, 0.1) is 17.0 Å². The highest BCUT2D eigenvalue weighted by Crippen LogP contribution is 2.30. The van der Waals surface area contributed by atoms with Crippen LogP contribution in [0.2, 0.25) is 10.0 Å². The Balaban J connectivity index is 1.89. The molecule has 0 saturated carbocycles. The largest absolute Gasteiger partial charge is 0.354 e. The second-order valence-electron chi connectivity index (χ2n) is 7.16. The third-order valence-electron chi connectivity index (χ3n) is 5.03. The summed E-state index contributed by atoms with van der Waals surface area (Å²) in [4.78, 5) is 14.8. The average molecular weight is 450 g/mol. The van der Waals surface area contributed by atoms with E-state index in [1.54, 1.807) is 6.07 Å². The van der Waals surface area contributed by atoms with Gasteiger partial charge in [-0.3, -0.25) is 9.10 Å². The predicted octanol–water partition coefficient (Wildman–Crippen LogP) is 3.53. The maximum Gasteiger partial charge on any atom is 0.240 e. The highest BCUT2D eigenvalue weighted by atomic mass is 35.5. The molecule has 28 heavy (non-hydrogen) atoms. The van der Waals surface area contributed by atoms with Crippen molar-refractivity contribution in [3.05, 3.63) is 28.2 Å². The third-order valence-corrected chi connectivity index (χ3v) is 6.71. The van der Waals surface area contributed by atoms with Crippen molar-refractivity contribution >= 4 is 44.8 Å². The molecule has 1 aromatic rings. The summed E-state index contributed by atoms with van der Waals surface area (Å²) in [6.07, 6.45) is 6.78. The lowest BCUT2D eigenvalue weighted by atomic mass is 10.00. The number of halogens is 2. The van der Waals surface area contributed by atoms with E-state index in [0.29, 0.717) is 17.6 Å². The van der Waals surface area contributed by atoms with Crippen LogP contribution in [-0.4, -0.2) is 57.7 Å². The van der Waals surface area contributed by atoms with E-state index in [1.165, 1.54) is 31.4 Å². The van der Waals surface area contributed by atoms with Gasteiger partial charge in [0.25, 0.3) is 0 Å². The van der Waals surface area contributed by atoms with Crippen molar-refractivity contribution in [2.75, 3.05) is 36.7 Å². The summed E-state index contributed by atoms with van der Waals surface area (Å²) in [7, 11) is -3.69. The number of hydrogen-bond acceptors (Lipinski definition) is 4. The summed E-state index contributed by atoms with van der Waals surface area (Å²) in [6, 6.07) is 5.16. The lowest BCUT2D eigenvalue weighted by Crippen LogP contribution is -2.42. The summed E-state index contributed by atoms with van der Waals surface area (Å²) in [6.45, 7) is 4.44. The molecule has 1 N–H and O–H groups in total. The standard InChI is InChI=1S/C19H29Cl2N3O3S/c1-3-16-7-4-5-11-23(16)12-6-10-22-19(25)14-24(28(2,26)27)18-13-15(20)8-9-17(18)21/h8-9,13,16H,3-7,10-12,14H2,1-2H3,(H,22,25). The van der Waals surface area contributed by atoms with Crippen LogP contribution in [0.25, 0.3) is 0 Å². The van der Waals surface area contributed by atoms with Gasteiger partial charge in [-0.25, -0.2) is 8.42 Å². The van der Waals surface area contributed by atoms with E-state index in [-0.39, 0.29) is 23.2 Å². The fourth-order valence-corrected chi connectivity index (χ4v) is 4.87. The summed E-state index contributed by atoms with van der Waals surface area (Å²) in [5.41, 5.74) is 0.200. The van der Waals surface area contributed by atoms with Crippen LogP contribution in [-0.2, 0) is 14.8 Å². The summed E-state index contributed by atoms with van der Waals surface area (Å²) < 4.78 is 25.3. The van der Waals surface area contributed by atoms with E-state index in [4.69, 9.17) is 23.2 Å². The Morgan fingerprint density at radius 2 is 2.07 bits per heavy atom. The second kappa shape index (κ2) is 10.7. The van der Waals surface area contributed by atoms with Gasteiger partial charge >= 0.3 is 0 Å². The number of amides is 1. The van der Waals surface area contributed by atoms with E-state index < -0.39 is 10.0 Å². The lowest BCUT2D eigenvalue weighted by Gasteiger charge is -2.35. The molecule has 1 atom stereocenters. The zero-order valence-electron chi connectivity index (χ0n) is 16.5. The zero-order chi connectivity index (χ0) is 20.7. The first-order valence-electron chi connectivity index (χ1n) is 9.66. The Hall–Kier alpha value is -1.02. The van der Waals surface area contributed by atoms with E-state index in [0.717, 1.165) is 36.5 Å². The summed E-state index contributed by atoms with van der Waals surface area (Å²) >= 11 is 12.1. The molecule has 1 aliphatic rings. The molecule has 1 saturated heterocycles. The van der Waals surface area contributed by atoms with Crippen molar-refractivity contribution < 1.29 is 13.2 Å². The van der Waals surface area contributed by atoms with E-state index >= 15 is 0 Å². The van der Waals surface area contributed by atoms with E-state index in [2.05, 4.69) is 17.1 Å². The average Bonchev–Trinajstić information content (AvgIpc) is 2.65. The molecule has 1 aliphatic heterocycles. The molecule has 0 radical (unpaired) electrons. The molecule has 1 aromatic carbocycles. The topological polar surface area (TPSA) is 69.7 Å². The van der Waals surface area contributed by atoms with Crippen molar-refractivity contribution in [3.63, 3.8) is 0 Å². The maximum atomic E-state index is 12.3. The number of carbonyl (C=O) groups excluding carboxylic acids is 1.